The second kappa shape index (κ2) is 7.23. The van der Waals surface area contributed by atoms with Gasteiger partial charge in [0.1, 0.15) is 12.2 Å². The summed E-state index contributed by atoms with van der Waals surface area (Å²) < 4.78 is 0. The van der Waals surface area contributed by atoms with Gasteiger partial charge >= 0.3 is 0 Å². The quantitative estimate of drug-likeness (QED) is 0.591. The zero-order chi connectivity index (χ0) is 18.0. The smallest absolute Gasteiger partial charge is 0.246 e. The van der Waals surface area contributed by atoms with E-state index in [1.54, 1.807) is 0 Å². The number of anilines is 2. The minimum Gasteiger partial charge on any atom is -0.367 e. The summed E-state index contributed by atoms with van der Waals surface area (Å²) in [6.45, 7) is 8.12. The molecule has 1 saturated heterocycles. The number of hydrazine groups is 2. The molecule has 0 aromatic heterocycles. The van der Waals surface area contributed by atoms with Gasteiger partial charge in [0, 0.05) is 11.4 Å². The van der Waals surface area contributed by atoms with E-state index in [1.165, 1.54) is 11.1 Å². The Kier molecular flexibility index (Phi) is 5.03. The van der Waals surface area contributed by atoms with Crippen LogP contribution in [0.4, 0.5) is 11.4 Å². The Hall–Kier alpha value is -2.41. The van der Waals surface area contributed by atoms with Gasteiger partial charge in [-0.2, -0.15) is 5.53 Å². The summed E-state index contributed by atoms with van der Waals surface area (Å²) in [5.74, 6) is -0.0998. The molecule has 0 aliphatic carbocycles. The fourth-order valence-corrected chi connectivity index (χ4v) is 3.11. The average Bonchev–Trinajstić information content (AvgIpc) is 3.01. The molecule has 0 bridgehead atoms. The number of nitrogens with one attached hydrogen (secondary N) is 5. The molecular weight excluding hydrogens is 314 g/mol. The summed E-state index contributed by atoms with van der Waals surface area (Å²) in [6.07, 6.45) is -0.270. The van der Waals surface area contributed by atoms with E-state index in [2.05, 4.69) is 46.1 Å². The summed E-state index contributed by atoms with van der Waals surface area (Å²) in [7, 11) is 0. The van der Waals surface area contributed by atoms with E-state index < -0.39 is 6.04 Å². The summed E-state index contributed by atoms with van der Waals surface area (Å²) in [5, 5.41) is 6.38. The molecule has 2 aromatic carbocycles. The maximum Gasteiger partial charge on any atom is 0.246 e. The highest BCUT2D eigenvalue weighted by Crippen LogP contribution is 2.22. The highest BCUT2D eigenvalue weighted by atomic mass is 16.2. The highest BCUT2D eigenvalue weighted by molar-refractivity contribution is 5.97. The van der Waals surface area contributed by atoms with Crippen molar-refractivity contribution in [3.63, 3.8) is 0 Å². The highest BCUT2D eigenvalue weighted by Gasteiger charge is 2.33. The van der Waals surface area contributed by atoms with Crippen molar-refractivity contribution in [3.8, 4) is 0 Å². The van der Waals surface area contributed by atoms with E-state index in [9.17, 15) is 4.79 Å². The summed E-state index contributed by atoms with van der Waals surface area (Å²) in [4.78, 5) is 12.8. The van der Waals surface area contributed by atoms with Crippen LogP contribution in [0.25, 0.3) is 0 Å². The number of hydrogen-bond donors (Lipinski definition) is 5. The Bertz CT molecular complexity index is 749. The lowest BCUT2D eigenvalue weighted by Gasteiger charge is -2.21. The first-order chi connectivity index (χ1) is 11.9. The molecule has 1 heterocycles. The fourth-order valence-electron chi connectivity index (χ4n) is 3.11. The molecule has 132 valence electrons. The molecule has 6 heteroatoms. The molecule has 3 rings (SSSR count). The van der Waals surface area contributed by atoms with Gasteiger partial charge in [0.2, 0.25) is 5.91 Å². The molecule has 1 aliphatic rings. The molecule has 5 N–H and O–H groups in total. The van der Waals surface area contributed by atoms with Crippen LogP contribution in [0.5, 0.6) is 0 Å². The first-order valence-corrected chi connectivity index (χ1v) is 8.42. The summed E-state index contributed by atoms with van der Waals surface area (Å²) in [5.41, 5.74) is 15.2. The van der Waals surface area contributed by atoms with E-state index in [0.29, 0.717) is 0 Å². The maximum atomic E-state index is 12.8. The lowest BCUT2D eigenvalue weighted by Crippen LogP contribution is -2.48. The predicted octanol–water partition coefficient (Wildman–Crippen LogP) is 2.28. The van der Waals surface area contributed by atoms with Crippen LogP contribution in [-0.4, -0.2) is 18.1 Å². The maximum absolute atomic E-state index is 12.8. The van der Waals surface area contributed by atoms with Crippen molar-refractivity contribution in [2.75, 3.05) is 10.6 Å². The molecule has 2 unspecified atom stereocenters. The van der Waals surface area contributed by atoms with Crippen molar-refractivity contribution in [2.45, 2.75) is 39.9 Å². The minimum absolute atomic E-state index is 0.0998. The predicted molar refractivity (Wildman–Crippen MR) is 101 cm³/mol. The SMILES string of the molecule is Cc1ccc(NC2NNNC2C(=O)Nc2c(C)cc(C)cc2C)cc1. The van der Waals surface area contributed by atoms with Crippen LogP contribution >= 0.6 is 0 Å². The molecule has 2 aromatic rings. The van der Waals surface area contributed by atoms with Crippen LogP contribution in [0.15, 0.2) is 36.4 Å². The molecule has 0 saturated carbocycles. The summed E-state index contributed by atoms with van der Waals surface area (Å²) in [6, 6.07) is 11.8. The van der Waals surface area contributed by atoms with E-state index in [-0.39, 0.29) is 12.1 Å². The third-order valence-electron chi connectivity index (χ3n) is 4.37. The molecule has 25 heavy (non-hydrogen) atoms. The van der Waals surface area contributed by atoms with E-state index >= 15 is 0 Å². The zero-order valence-electron chi connectivity index (χ0n) is 15.0. The van der Waals surface area contributed by atoms with Crippen LogP contribution in [0, 0.1) is 27.7 Å². The summed E-state index contributed by atoms with van der Waals surface area (Å²) >= 11 is 0. The molecular formula is C19H25N5O. The van der Waals surface area contributed by atoms with Crippen molar-refractivity contribution < 1.29 is 4.79 Å². The fraction of sp³-hybridized carbons (Fsp3) is 0.316. The Morgan fingerprint density at radius 1 is 0.920 bits per heavy atom. The third-order valence-corrected chi connectivity index (χ3v) is 4.37. The van der Waals surface area contributed by atoms with Gasteiger partial charge < -0.3 is 10.6 Å². The zero-order valence-corrected chi connectivity index (χ0v) is 15.0. The van der Waals surface area contributed by atoms with Crippen molar-refractivity contribution in [1.82, 2.24) is 16.4 Å². The number of amides is 1. The second-order valence-corrected chi connectivity index (χ2v) is 6.64. The van der Waals surface area contributed by atoms with Crippen LogP contribution < -0.4 is 27.0 Å². The van der Waals surface area contributed by atoms with Crippen molar-refractivity contribution >= 4 is 17.3 Å². The molecule has 1 fully saturated rings. The van der Waals surface area contributed by atoms with E-state index in [4.69, 9.17) is 0 Å². The number of carbonyl (C=O) groups excluding carboxylic acids is 1. The monoisotopic (exact) mass is 339 g/mol. The molecule has 6 nitrogen and oxygen atoms in total. The lowest BCUT2D eigenvalue weighted by atomic mass is 10.0. The first kappa shape index (κ1) is 17.4. The van der Waals surface area contributed by atoms with Gasteiger partial charge in [-0.1, -0.05) is 35.4 Å². The third kappa shape index (κ3) is 3.99. The molecule has 0 spiro atoms. The Morgan fingerprint density at radius 3 is 2.20 bits per heavy atom. The Morgan fingerprint density at radius 2 is 1.56 bits per heavy atom. The number of aryl methyl sites for hydroxylation is 4. The Labute approximate surface area is 148 Å². The van der Waals surface area contributed by atoms with Gasteiger partial charge in [-0.3, -0.25) is 4.79 Å². The minimum atomic E-state index is -0.457. The second-order valence-electron chi connectivity index (χ2n) is 6.64. The van der Waals surface area contributed by atoms with Gasteiger partial charge in [0.25, 0.3) is 0 Å². The van der Waals surface area contributed by atoms with Crippen molar-refractivity contribution in [2.24, 2.45) is 0 Å². The topological polar surface area (TPSA) is 77.2 Å². The molecule has 1 aliphatic heterocycles. The molecule has 1 amide bonds. The van der Waals surface area contributed by atoms with Crippen LogP contribution in [-0.2, 0) is 4.79 Å². The van der Waals surface area contributed by atoms with Crippen molar-refractivity contribution in [3.05, 3.63) is 58.7 Å². The normalized spacial score (nSPS) is 19.7. The van der Waals surface area contributed by atoms with Gasteiger partial charge in [0.15, 0.2) is 0 Å². The standard InChI is InChI=1S/C19H25N5O/c1-11-5-7-15(8-6-11)20-18-17(22-24-23-18)19(25)21-16-13(3)9-12(2)10-14(16)4/h5-10,17-18,20,22-24H,1-4H3,(H,21,25). The van der Waals surface area contributed by atoms with Crippen molar-refractivity contribution in [1.29, 1.82) is 0 Å². The first-order valence-electron chi connectivity index (χ1n) is 8.42. The van der Waals surface area contributed by atoms with Crippen LogP contribution in [0.1, 0.15) is 22.3 Å². The van der Waals surface area contributed by atoms with Gasteiger partial charge in [-0.25, -0.2) is 10.9 Å². The number of benzene rings is 2. The average molecular weight is 339 g/mol. The number of hydrogen-bond acceptors (Lipinski definition) is 5. The van der Waals surface area contributed by atoms with Gasteiger partial charge in [-0.15, -0.1) is 0 Å². The van der Waals surface area contributed by atoms with E-state index in [0.717, 1.165) is 22.5 Å². The van der Waals surface area contributed by atoms with E-state index in [1.807, 2.05) is 45.0 Å². The number of rotatable bonds is 4. The largest absolute Gasteiger partial charge is 0.367 e. The molecule has 2 atom stereocenters. The van der Waals surface area contributed by atoms with Gasteiger partial charge in [-0.05, 0) is 51.0 Å². The molecule has 0 radical (unpaired) electrons. The Balaban J connectivity index is 1.71. The lowest BCUT2D eigenvalue weighted by molar-refractivity contribution is -0.118. The van der Waals surface area contributed by atoms with Crippen LogP contribution in [0.2, 0.25) is 0 Å². The van der Waals surface area contributed by atoms with Gasteiger partial charge in [0.05, 0.1) is 0 Å². The van der Waals surface area contributed by atoms with Crippen LogP contribution in [0.3, 0.4) is 0 Å². The number of carbonyl (C=O) groups is 1.